The molecule has 0 fully saturated rings. The molecule has 0 unspecified atom stereocenters. The molecule has 0 aliphatic carbocycles. The monoisotopic (exact) mass is 449 g/mol. The van der Waals surface area contributed by atoms with E-state index in [4.69, 9.17) is 23.2 Å². The van der Waals surface area contributed by atoms with Crippen molar-refractivity contribution in [2.75, 3.05) is 0 Å². The lowest BCUT2D eigenvalue weighted by Crippen LogP contribution is -2.07. The summed E-state index contributed by atoms with van der Waals surface area (Å²) in [6, 6.07) is 10.2. The second-order valence-electron chi connectivity index (χ2n) is 6.55. The van der Waals surface area contributed by atoms with Gasteiger partial charge in [-0.15, -0.1) is 0 Å². The smallest absolute Gasteiger partial charge is 0.293 e. The molecule has 4 nitrogen and oxygen atoms in total. The van der Waals surface area contributed by atoms with E-state index in [1.54, 1.807) is 18.3 Å². The summed E-state index contributed by atoms with van der Waals surface area (Å²) in [7, 11) is 0. The fraction of sp³-hybridized carbons (Fsp3) is 0.0952. The van der Waals surface area contributed by atoms with Gasteiger partial charge >= 0.3 is 6.18 Å². The van der Waals surface area contributed by atoms with Crippen molar-refractivity contribution in [1.29, 1.82) is 0 Å². The van der Waals surface area contributed by atoms with Gasteiger partial charge in [0.05, 0.1) is 21.8 Å². The van der Waals surface area contributed by atoms with Crippen molar-refractivity contribution >= 4 is 39.9 Å². The Morgan fingerprint density at radius 2 is 1.83 bits per heavy atom. The van der Waals surface area contributed by atoms with E-state index in [1.165, 1.54) is 42.1 Å². The molecule has 0 amide bonds. The molecule has 0 saturated carbocycles. The summed E-state index contributed by atoms with van der Waals surface area (Å²) in [6.45, 7) is 1.35. The van der Waals surface area contributed by atoms with Gasteiger partial charge in [-0.2, -0.15) is 18.3 Å². The number of hydrogen-bond donors (Lipinski definition) is 0. The molecule has 2 heterocycles. The third-order valence-corrected chi connectivity index (χ3v) is 5.12. The Bertz CT molecular complexity index is 1300. The number of hydrogen-bond acceptors (Lipinski definition) is 3. The van der Waals surface area contributed by atoms with Crippen LogP contribution in [0.15, 0.2) is 54.9 Å². The minimum Gasteiger partial charge on any atom is -0.293 e. The van der Waals surface area contributed by atoms with Crippen molar-refractivity contribution in [3.8, 4) is 16.8 Å². The van der Waals surface area contributed by atoms with Gasteiger partial charge in [0.15, 0.2) is 5.78 Å². The van der Waals surface area contributed by atoms with Crippen molar-refractivity contribution in [3.63, 3.8) is 0 Å². The lowest BCUT2D eigenvalue weighted by atomic mass is 10.0. The molecule has 0 saturated heterocycles. The van der Waals surface area contributed by atoms with E-state index in [0.29, 0.717) is 26.9 Å². The Labute approximate surface area is 178 Å². The number of carbonyl (C=O) groups excluding carboxylic acids is 1. The molecule has 0 N–H and O–H groups in total. The van der Waals surface area contributed by atoms with Crippen LogP contribution < -0.4 is 0 Å². The normalized spacial score (nSPS) is 11.8. The number of ketones is 1. The molecule has 0 spiro atoms. The maximum Gasteiger partial charge on any atom is 0.418 e. The molecule has 0 radical (unpaired) electrons. The van der Waals surface area contributed by atoms with Crippen LogP contribution in [0.1, 0.15) is 23.0 Å². The predicted octanol–water partition coefficient (Wildman–Crippen LogP) is 6.62. The van der Waals surface area contributed by atoms with Crippen LogP contribution in [-0.2, 0) is 6.18 Å². The van der Waals surface area contributed by atoms with Crippen LogP contribution in [0.3, 0.4) is 0 Å². The topological polar surface area (TPSA) is 47.8 Å². The Kier molecular flexibility index (Phi) is 5.03. The molecule has 9 heteroatoms. The molecule has 2 aromatic carbocycles. The number of para-hydroxylation sites is 1. The van der Waals surface area contributed by atoms with Crippen LogP contribution in [0.5, 0.6) is 0 Å². The Hall–Kier alpha value is -2.90. The van der Waals surface area contributed by atoms with E-state index < -0.39 is 11.7 Å². The highest BCUT2D eigenvalue weighted by Gasteiger charge is 2.33. The minimum absolute atomic E-state index is 0.135. The molecule has 152 valence electrons. The zero-order valence-corrected chi connectivity index (χ0v) is 16.8. The van der Waals surface area contributed by atoms with Gasteiger partial charge in [0.2, 0.25) is 0 Å². The van der Waals surface area contributed by atoms with E-state index in [1.807, 2.05) is 0 Å². The number of aromatic nitrogens is 3. The highest BCUT2D eigenvalue weighted by atomic mass is 35.5. The molecule has 4 rings (SSSR count). The summed E-state index contributed by atoms with van der Waals surface area (Å²) in [5.74, 6) is -0.316. The number of alkyl halides is 3. The molecule has 0 aliphatic rings. The number of halogens is 5. The summed E-state index contributed by atoms with van der Waals surface area (Å²) < 4.78 is 41.5. The molecule has 30 heavy (non-hydrogen) atoms. The second-order valence-corrected chi connectivity index (χ2v) is 7.39. The zero-order valence-electron chi connectivity index (χ0n) is 15.3. The first-order valence-electron chi connectivity index (χ1n) is 8.68. The molecule has 2 aromatic heterocycles. The molecule has 0 bridgehead atoms. The Morgan fingerprint density at radius 3 is 2.50 bits per heavy atom. The van der Waals surface area contributed by atoms with Gasteiger partial charge in [-0.25, -0.2) is 4.68 Å². The van der Waals surface area contributed by atoms with Gasteiger partial charge in [0.25, 0.3) is 0 Å². The summed E-state index contributed by atoms with van der Waals surface area (Å²) >= 11 is 12.2. The van der Waals surface area contributed by atoms with Gasteiger partial charge in [-0.1, -0.05) is 41.4 Å². The van der Waals surface area contributed by atoms with Gasteiger partial charge in [-0.3, -0.25) is 9.78 Å². The van der Waals surface area contributed by atoms with Gasteiger partial charge in [-0.05, 0) is 24.3 Å². The maximum absolute atomic E-state index is 13.4. The SMILES string of the molecule is CC(=O)c1nn(-c2ccnc3c(C(F)(F)F)cccc23)cc1-c1ccc(Cl)cc1Cl. The first kappa shape index (κ1) is 20.4. The number of rotatable bonds is 3. The average molecular weight is 450 g/mol. The fourth-order valence-corrected chi connectivity index (χ4v) is 3.76. The number of carbonyl (C=O) groups is 1. The summed E-state index contributed by atoms with van der Waals surface area (Å²) in [6.07, 6.45) is -1.72. The third kappa shape index (κ3) is 3.55. The molecule has 0 atom stereocenters. The molecule has 4 aromatic rings. The highest BCUT2D eigenvalue weighted by Crippen LogP contribution is 2.37. The fourth-order valence-electron chi connectivity index (χ4n) is 3.25. The van der Waals surface area contributed by atoms with Crippen LogP contribution in [-0.4, -0.2) is 20.5 Å². The standard InChI is InChI=1S/C21H12Cl2F3N3O/c1-11(30)19-15(13-6-5-12(22)9-17(13)23)10-29(28-19)18-7-8-27-20-14(18)3-2-4-16(20)21(24,25)26/h2-10H,1H3. The maximum atomic E-state index is 13.4. The van der Waals surface area contributed by atoms with Crippen molar-refractivity contribution in [2.45, 2.75) is 13.1 Å². The lowest BCUT2D eigenvalue weighted by molar-refractivity contribution is -0.136. The Balaban J connectivity index is 1.96. The van der Waals surface area contributed by atoms with E-state index in [0.717, 1.165) is 6.07 Å². The van der Waals surface area contributed by atoms with Crippen LogP contribution >= 0.6 is 23.2 Å². The van der Waals surface area contributed by atoms with Crippen molar-refractivity contribution in [3.05, 3.63) is 76.2 Å². The summed E-state index contributed by atoms with van der Waals surface area (Å²) in [5, 5.41) is 5.33. The van der Waals surface area contributed by atoms with Crippen molar-refractivity contribution in [1.82, 2.24) is 14.8 Å². The van der Waals surface area contributed by atoms with Gasteiger partial charge in [0.1, 0.15) is 5.69 Å². The minimum atomic E-state index is -4.55. The van der Waals surface area contributed by atoms with Crippen LogP contribution in [0.2, 0.25) is 10.0 Å². The number of Topliss-reactive ketones (excluding diaryl/α,β-unsaturated/α-hetero) is 1. The van der Waals surface area contributed by atoms with Crippen LogP contribution in [0, 0.1) is 0 Å². The first-order valence-corrected chi connectivity index (χ1v) is 9.43. The highest BCUT2D eigenvalue weighted by molar-refractivity contribution is 6.36. The van der Waals surface area contributed by atoms with Crippen LogP contribution in [0.4, 0.5) is 13.2 Å². The van der Waals surface area contributed by atoms with E-state index >= 15 is 0 Å². The number of nitrogens with zero attached hydrogens (tertiary/aromatic N) is 3. The largest absolute Gasteiger partial charge is 0.418 e. The summed E-state index contributed by atoms with van der Waals surface area (Å²) in [4.78, 5) is 16.1. The van der Waals surface area contributed by atoms with E-state index in [-0.39, 0.29) is 22.4 Å². The van der Waals surface area contributed by atoms with Gasteiger partial charge < -0.3 is 0 Å². The Morgan fingerprint density at radius 1 is 1.07 bits per heavy atom. The van der Waals surface area contributed by atoms with E-state index in [2.05, 4.69) is 10.1 Å². The van der Waals surface area contributed by atoms with Gasteiger partial charge in [0, 0.05) is 40.9 Å². The van der Waals surface area contributed by atoms with Crippen molar-refractivity contribution in [2.24, 2.45) is 0 Å². The predicted molar refractivity (Wildman–Crippen MR) is 109 cm³/mol. The van der Waals surface area contributed by atoms with Crippen LogP contribution in [0.25, 0.3) is 27.7 Å². The summed E-state index contributed by atoms with van der Waals surface area (Å²) in [5.41, 5.74) is 0.421. The third-order valence-electron chi connectivity index (χ3n) is 4.57. The molecule has 0 aliphatic heterocycles. The second kappa shape index (κ2) is 7.41. The zero-order chi connectivity index (χ0) is 21.6. The molecular weight excluding hydrogens is 438 g/mol. The average Bonchev–Trinajstić information content (AvgIpc) is 3.11. The lowest BCUT2D eigenvalue weighted by Gasteiger charge is -2.12. The first-order chi connectivity index (χ1) is 14.2. The number of benzene rings is 2. The number of fused-ring (bicyclic) bond motifs is 1. The molecular formula is C21H12Cl2F3N3O. The van der Waals surface area contributed by atoms with Crippen molar-refractivity contribution < 1.29 is 18.0 Å². The van der Waals surface area contributed by atoms with E-state index in [9.17, 15) is 18.0 Å². The quantitative estimate of drug-likeness (QED) is 0.330. The number of pyridine rings is 1.